The first-order valence-electron chi connectivity index (χ1n) is 13.5. The molecule has 7 heteroatoms. The molecule has 2 aromatic carbocycles. The van der Waals surface area contributed by atoms with Gasteiger partial charge in [0.05, 0.1) is 20.3 Å². The molecule has 1 aliphatic rings. The molecular weight excluding hydrogens is 478 g/mol. The van der Waals surface area contributed by atoms with Crippen LogP contribution in [0.5, 0.6) is 11.5 Å². The number of pyridine rings is 1. The lowest BCUT2D eigenvalue weighted by Crippen LogP contribution is -2.38. The van der Waals surface area contributed by atoms with Crippen molar-refractivity contribution in [3.05, 3.63) is 89.7 Å². The third kappa shape index (κ3) is 8.85. The Morgan fingerprint density at radius 2 is 1.76 bits per heavy atom. The minimum Gasteiger partial charge on any atom is -0.493 e. The van der Waals surface area contributed by atoms with Crippen LogP contribution >= 0.6 is 0 Å². The predicted octanol–water partition coefficient (Wildman–Crippen LogP) is 4.74. The molecule has 0 aliphatic carbocycles. The van der Waals surface area contributed by atoms with E-state index in [0.29, 0.717) is 44.2 Å². The van der Waals surface area contributed by atoms with Crippen LogP contribution in [0.2, 0.25) is 0 Å². The molecule has 1 amide bonds. The Hall–Kier alpha value is -3.42. The maximum atomic E-state index is 13.3. The molecule has 2 heterocycles. The van der Waals surface area contributed by atoms with Gasteiger partial charge in [-0.2, -0.15) is 0 Å². The number of hydrogen-bond acceptors (Lipinski definition) is 6. The molecule has 4 rings (SSSR count). The second-order valence-corrected chi connectivity index (χ2v) is 9.57. The standard InChI is InChI=1S/C31H39N3O4/c1-36-30-23-27(14-15-29(30)38-25-33-19-21-37-22-20-33)24-34(18-16-28-12-7-8-17-32-28)31(35)13-6-5-11-26-9-3-2-4-10-26/h2-4,7-10,12,14-15,17,23H,5-6,11,13,16,18-22,24-25H2,1H3. The number of benzene rings is 2. The summed E-state index contributed by atoms with van der Waals surface area (Å²) in [5, 5.41) is 0. The number of aryl methyl sites for hydroxylation is 1. The van der Waals surface area contributed by atoms with Gasteiger partial charge in [0.25, 0.3) is 0 Å². The third-order valence-electron chi connectivity index (χ3n) is 6.77. The Balaban J connectivity index is 1.36. The number of ether oxygens (including phenoxy) is 3. The Labute approximate surface area is 226 Å². The van der Waals surface area contributed by atoms with Gasteiger partial charge in [-0.1, -0.05) is 42.5 Å². The Morgan fingerprint density at radius 1 is 0.947 bits per heavy atom. The highest BCUT2D eigenvalue weighted by Crippen LogP contribution is 2.29. The molecule has 1 aliphatic heterocycles. The average Bonchev–Trinajstić information content (AvgIpc) is 2.98. The topological polar surface area (TPSA) is 64.1 Å². The highest BCUT2D eigenvalue weighted by atomic mass is 16.5. The van der Waals surface area contributed by atoms with Crippen molar-refractivity contribution >= 4 is 5.91 Å². The van der Waals surface area contributed by atoms with E-state index in [1.54, 1.807) is 13.3 Å². The zero-order chi connectivity index (χ0) is 26.4. The number of carbonyl (C=O) groups is 1. The van der Waals surface area contributed by atoms with E-state index in [9.17, 15) is 4.79 Å². The highest BCUT2D eigenvalue weighted by molar-refractivity contribution is 5.76. The van der Waals surface area contributed by atoms with Gasteiger partial charge in [0.1, 0.15) is 6.73 Å². The van der Waals surface area contributed by atoms with Gasteiger partial charge in [0.2, 0.25) is 5.91 Å². The van der Waals surface area contributed by atoms with Gasteiger partial charge >= 0.3 is 0 Å². The zero-order valence-corrected chi connectivity index (χ0v) is 22.4. The maximum absolute atomic E-state index is 13.3. The Kier molecular flexibility index (Phi) is 11.0. The number of morpholine rings is 1. The number of rotatable bonds is 14. The summed E-state index contributed by atoms with van der Waals surface area (Å²) in [6.07, 6.45) is 5.90. The van der Waals surface area contributed by atoms with Crippen molar-refractivity contribution in [3.8, 4) is 11.5 Å². The Morgan fingerprint density at radius 3 is 2.53 bits per heavy atom. The SMILES string of the molecule is COc1cc(CN(CCc2ccccn2)C(=O)CCCCc2ccccc2)ccc1OCN1CCOCC1. The van der Waals surface area contributed by atoms with E-state index >= 15 is 0 Å². The van der Waals surface area contributed by atoms with Gasteiger partial charge in [0, 0.05) is 50.9 Å². The van der Waals surface area contributed by atoms with E-state index < -0.39 is 0 Å². The van der Waals surface area contributed by atoms with Crippen molar-refractivity contribution in [1.29, 1.82) is 0 Å². The van der Waals surface area contributed by atoms with Crippen LogP contribution in [0, 0.1) is 0 Å². The average molecular weight is 518 g/mol. The number of amides is 1. The monoisotopic (exact) mass is 517 g/mol. The number of nitrogens with zero attached hydrogens (tertiary/aromatic N) is 3. The predicted molar refractivity (Wildman–Crippen MR) is 148 cm³/mol. The van der Waals surface area contributed by atoms with Crippen LogP contribution in [-0.4, -0.2) is 67.4 Å². The fourth-order valence-electron chi connectivity index (χ4n) is 4.54. The fourth-order valence-corrected chi connectivity index (χ4v) is 4.54. The normalized spacial score (nSPS) is 13.7. The summed E-state index contributed by atoms with van der Waals surface area (Å²) in [6.45, 7) is 4.81. The molecule has 0 N–H and O–H groups in total. The van der Waals surface area contributed by atoms with E-state index in [1.807, 2.05) is 47.4 Å². The molecule has 7 nitrogen and oxygen atoms in total. The van der Waals surface area contributed by atoms with Crippen molar-refractivity contribution in [3.63, 3.8) is 0 Å². The first-order chi connectivity index (χ1) is 18.7. The molecule has 202 valence electrons. The second-order valence-electron chi connectivity index (χ2n) is 9.57. The molecular formula is C31H39N3O4. The summed E-state index contributed by atoms with van der Waals surface area (Å²) in [5.41, 5.74) is 3.31. The van der Waals surface area contributed by atoms with Crippen molar-refractivity contribution in [1.82, 2.24) is 14.8 Å². The third-order valence-corrected chi connectivity index (χ3v) is 6.77. The molecule has 0 radical (unpaired) electrons. The van der Waals surface area contributed by atoms with Gasteiger partial charge in [-0.25, -0.2) is 0 Å². The quantitative estimate of drug-likeness (QED) is 0.288. The molecule has 1 aromatic heterocycles. The first kappa shape index (κ1) is 27.6. The van der Waals surface area contributed by atoms with Crippen molar-refractivity contribution in [2.24, 2.45) is 0 Å². The van der Waals surface area contributed by atoms with Crippen LogP contribution in [0.1, 0.15) is 36.1 Å². The van der Waals surface area contributed by atoms with Crippen molar-refractivity contribution in [2.45, 2.75) is 38.6 Å². The van der Waals surface area contributed by atoms with Crippen LogP contribution in [0.3, 0.4) is 0 Å². The van der Waals surface area contributed by atoms with Crippen LogP contribution in [0.25, 0.3) is 0 Å². The van der Waals surface area contributed by atoms with Gasteiger partial charge in [-0.15, -0.1) is 0 Å². The summed E-state index contributed by atoms with van der Waals surface area (Å²) in [5.74, 6) is 1.55. The summed E-state index contributed by atoms with van der Waals surface area (Å²) in [6, 6.07) is 22.3. The molecule has 0 atom stereocenters. The number of hydrogen-bond donors (Lipinski definition) is 0. The van der Waals surface area contributed by atoms with Crippen LogP contribution in [0.4, 0.5) is 0 Å². The molecule has 1 fully saturated rings. The highest BCUT2D eigenvalue weighted by Gasteiger charge is 2.17. The number of carbonyl (C=O) groups excluding carboxylic acids is 1. The lowest BCUT2D eigenvalue weighted by Gasteiger charge is -2.27. The second kappa shape index (κ2) is 15.1. The first-order valence-corrected chi connectivity index (χ1v) is 13.5. The maximum Gasteiger partial charge on any atom is 0.222 e. The van der Waals surface area contributed by atoms with E-state index in [0.717, 1.165) is 56.8 Å². The molecule has 0 bridgehead atoms. The fraction of sp³-hybridized carbons (Fsp3) is 0.419. The van der Waals surface area contributed by atoms with E-state index in [1.165, 1.54) is 5.56 Å². The number of unbranched alkanes of at least 4 members (excludes halogenated alkanes) is 1. The van der Waals surface area contributed by atoms with Gasteiger partial charge in [0.15, 0.2) is 11.5 Å². The summed E-state index contributed by atoms with van der Waals surface area (Å²) in [7, 11) is 1.65. The zero-order valence-electron chi connectivity index (χ0n) is 22.4. The lowest BCUT2D eigenvalue weighted by atomic mass is 10.1. The van der Waals surface area contributed by atoms with E-state index in [-0.39, 0.29) is 5.91 Å². The summed E-state index contributed by atoms with van der Waals surface area (Å²) in [4.78, 5) is 21.9. The van der Waals surface area contributed by atoms with Crippen LogP contribution in [0.15, 0.2) is 72.9 Å². The minimum absolute atomic E-state index is 0.167. The van der Waals surface area contributed by atoms with Crippen molar-refractivity contribution < 1.29 is 19.0 Å². The van der Waals surface area contributed by atoms with Gasteiger partial charge in [-0.05, 0) is 54.7 Å². The van der Waals surface area contributed by atoms with Gasteiger partial charge < -0.3 is 19.1 Å². The lowest BCUT2D eigenvalue weighted by molar-refractivity contribution is -0.131. The smallest absolute Gasteiger partial charge is 0.222 e. The molecule has 38 heavy (non-hydrogen) atoms. The molecule has 0 saturated carbocycles. The van der Waals surface area contributed by atoms with Gasteiger partial charge in [-0.3, -0.25) is 14.7 Å². The van der Waals surface area contributed by atoms with Crippen LogP contribution in [-0.2, 0) is 28.9 Å². The largest absolute Gasteiger partial charge is 0.493 e. The van der Waals surface area contributed by atoms with Crippen molar-refractivity contribution in [2.75, 3.05) is 46.7 Å². The minimum atomic E-state index is 0.167. The number of aromatic nitrogens is 1. The number of methoxy groups -OCH3 is 1. The summed E-state index contributed by atoms with van der Waals surface area (Å²) < 4.78 is 17.1. The molecule has 1 saturated heterocycles. The van der Waals surface area contributed by atoms with Crippen LogP contribution < -0.4 is 9.47 Å². The molecule has 3 aromatic rings. The molecule has 0 unspecified atom stereocenters. The van der Waals surface area contributed by atoms with E-state index in [2.05, 4.69) is 34.1 Å². The Bertz CT molecular complexity index is 1100. The molecule has 0 spiro atoms. The van der Waals surface area contributed by atoms with E-state index in [4.69, 9.17) is 14.2 Å². The summed E-state index contributed by atoms with van der Waals surface area (Å²) >= 11 is 0.